The molecule has 0 amide bonds. The quantitative estimate of drug-likeness (QED) is 0.337. The van der Waals surface area contributed by atoms with E-state index >= 15 is 0 Å². The summed E-state index contributed by atoms with van der Waals surface area (Å²) < 4.78 is 0. The number of hydrogen-bond acceptors (Lipinski definition) is 0. The van der Waals surface area contributed by atoms with E-state index in [0.717, 1.165) is 11.8 Å². The predicted molar refractivity (Wildman–Crippen MR) is 123 cm³/mol. The molecule has 0 heterocycles. The van der Waals surface area contributed by atoms with Crippen LogP contribution in [0.5, 0.6) is 0 Å². The van der Waals surface area contributed by atoms with Crippen molar-refractivity contribution in [3.63, 3.8) is 0 Å². The van der Waals surface area contributed by atoms with E-state index in [1.807, 2.05) is 0 Å². The van der Waals surface area contributed by atoms with Crippen LogP contribution in [0.1, 0.15) is 95.9 Å². The summed E-state index contributed by atoms with van der Waals surface area (Å²) in [6.45, 7) is 29.7. The molecular weight excluding hydrogens is 338 g/mol. The highest BCUT2D eigenvalue weighted by Crippen LogP contribution is 2.64. The minimum absolute atomic E-state index is 0.0144. The predicted octanol–water partition coefficient (Wildman–Crippen LogP) is 8.37. The first kappa shape index (κ1) is 23.9. The first-order valence-corrected chi connectivity index (χ1v) is 13.4. The van der Waals surface area contributed by atoms with Crippen LogP contribution in [0.4, 0.5) is 0 Å². The average molecular weight is 386 g/mol. The van der Waals surface area contributed by atoms with E-state index < -0.39 is 0 Å². The average Bonchev–Trinajstić information content (AvgIpc) is 2.74. The Morgan fingerprint density at radius 1 is 0.640 bits per heavy atom. The maximum absolute atomic E-state index is 2.70. The Kier molecular flexibility index (Phi) is 7.72. The normalized spacial score (nSPS) is 23.8. The number of rotatable bonds is 4. The standard InChI is InChI=1S/C23H47P2/c1-20(2,3)24(21(4,5)6)16-18-14-13-15-19(18)17-25(22(7,8)9)23(10,11)12/h14,18-19H,13,15-17H2,1-12H3/q-1. The molecule has 1 aliphatic rings. The monoisotopic (exact) mass is 385 g/mol. The molecule has 0 bridgehead atoms. The fourth-order valence-corrected chi connectivity index (χ4v) is 12.9. The van der Waals surface area contributed by atoms with Crippen molar-refractivity contribution in [1.29, 1.82) is 0 Å². The maximum atomic E-state index is 2.70. The summed E-state index contributed by atoms with van der Waals surface area (Å²) in [6, 6.07) is 0. The van der Waals surface area contributed by atoms with Gasteiger partial charge in [0.25, 0.3) is 0 Å². The van der Waals surface area contributed by atoms with Crippen molar-refractivity contribution in [3.05, 3.63) is 6.42 Å². The molecule has 0 aromatic rings. The molecule has 150 valence electrons. The van der Waals surface area contributed by atoms with Crippen LogP contribution >= 0.6 is 15.8 Å². The third-order valence-corrected chi connectivity index (χ3v) is 13.8. The lowest BCUT2D eigenvalue weighted by molar-refractivity contribution is 0.489. The SMILES string of the molecule is CC(C)(C)P(CC1[CH-]CCC1CP(C(C)(C)C)C(C)(C)C)C(C)(C)C. The summed E-state index contributed by atoms with van der Waals surface area (Å²) in [4.78, 5) is 0. The Labute approximate surface area is 163 Å². The number of hydrogen-bond donors (Lipinski definition) is 0. The van der Waals surface area contributed by atoms with Crippen LogP contribution in [0.25, 0.3) is 0 Å². The van der Waals surface area contributed by atoms with Gasteiger partial charge in [-0.1, -0.05) is 117 Å². The van der Waals surface area contributed by atoms with Crippen molar-refractivity contribution < 1.29 is 0 Å². The van der Waals surface area contributed by atoms with E-state index in [-0.39, 0.29) is 15.8 Å². The van der Waals surface area contributed by atoms with Gasteiger partial charge in [-0.2, -0.15) is 12.3 Å². The minimum atomic E-state index is 0.0144. The summed E-state index contributed by atoms with van der Waals surface area (Å²) in [7, 11) is 0.0400. The molecule has 0 radical (unpaired) electrons. The Bertz CT molecular complexity index is 343. The lowest BCUT2D eigenvalue weighted by Crippen LogP contribution is -2.32. The van der Waals surface area contributed by atoms with Crippen LogP contribution < -0.4 is 0 Å². The van der Waals surface area contributed by atoms with Crippen molar-refractivity contribution in [1.82, 2.24) is 0 Å². The van der Waals surface area contributed by atoms with Gasteiger partial charge >= 0.3 is 0 Å². The summed E-state index contributed by atoms with van der Waals surface area (Å²) in [5, 5.41) is 1.82. The van der Waals surface area contributed by atoms with Crippen LogP contribution in [0.3, 0.4) is 0 Å². The lowest BCUT2D eigenvalue weighted by Gasteiger charge is -2.48. The molecule has 2 unspecified atom stereocenters. The van der Waals surface area contributed by atoms with Crippen LogP contribution in [-0.4, -0.2) is 32.9 Å². The van der Waals surface area contributed by atoms with Gasteiger partial charge in [0.05, 0.1) is 0 Å². The summed E-state index contributed by atoms with van der Waals surface area (Å²) in [5.74, 6) is 1.79. The third-order valence-electron chi connectivity index (χ3n) is 5.66. The molecular formula is C23H47P2-. The van der Waals surface area contributed by atoms with Gasteiger partial charge in [0.15, 0.2) is 0 Å². The molecule has 0 aromatic carbocycles. The third kappa shape index (κ3) is 7.07. The topological polar surface area (TPSA) is 0 Å². The van der Waals surface area contributed by atoms with Crippen molar-refractivity contribution >= 4 is 15.8 Å². The summed E-state index contributed by atoms with van der Waals surface area (Å²) >= 11 is 0. The van der Waals surface area contributed by atoms with E-state index in [0.29, 0.717) is 20.6 Å². The molecule has 1 saturated carbocycles. The van der Waals surface area contributed by atoms with Crippen LogP contribution in [-0.2, 0) is 0 Å². The summed E-state index contributed by atoms with van der Waals surface area (Å²) in [6.07, 6.45) is 8.42. The fourth-order valence-electron chi connectivity index (χ4n) is 4.93. The smallest absolute Gasteiger partial charge is 0.0175 e. The first-order chi connectivity index (χ1) is 10.9. The van der Waals surface area contributed by atoms with Crippen molar-refractivity contribution in [2.24, 2.45) is 11.8 Å². The molecule has 2 heteroatoms. The van der Waals surface area contributed by atoms with Crippen LogP contribution in [0.2, 0.25) is 0 Å². The fraction of sp³-hybridized carbons (Fsp3) is 0.957. The van der Waals surface area contributed by atoms with Gasteiger partial charge in [-0.15, -0.1) is 0 Å². The van der Waals surface area contributed by atoms with Gasteiger partial charge in [-0.3, -0.25) is 0 Å². The van der Waals surface area contributed by atoms with E-state index in [9.17, 15) is 0 Å². The maximum Gasteiger partial charge on any atom is -0.0175 e. The molecule has 0 nitrogen and oxygen atoms in total. The molecule has 1 rings (SSSR count). The van der Waals surface area contributed by atoms with Gasteiger partial charge in [-0.05, 0) is 26.8 Å². The van der Waals surface area contributed by atoms with Gasteiger partial charge in [-0.25, -0.2) is 0 Å². The molecule has 0 aliphatic heterocycles. The Balaban J connectivity index is 2.95. The zero-order valence-corrected chi connectivity index (χ0v) is 21.2. The zero-order valence-electron chi connectivity index (χ0n) is 19.5. The van der Waals surface area contributed by atoms with Gasteiger partial charge in [0.2, 0.25) is 0 Å². The van der Waals surface area contributed by atoms with E-state index in [1.54, 1.807) is 0 Å². The van der Waals surface area contributed by atoms with Crippen LogP contribution in [0, 0.1) is 18.3 Å². The highest BCUT2D eigenvalue weighted by atomic mass is 31.1. The van der Waals surface area contributed by atoms with Crippen LogP contribution in [0.15, 0.2) is 0 Å². The highest BCUT2D eigenvalue weighted by molar-refractivity contribution is 7.61. The minimum Gasteiger partial charge on any atom is -0.325 e. The van der Waals surface area contributed by atoms with Crippen molar-refractivity contribution in [2.75, 3.05) is 12.3 Å². The second-order valence-corrected chi connectivity index (χ2v) is 20.0. The van der Waals surface area contributed by atoms with Gasteiger partial charge < -0.3 is 6.42 Å². The highest BCUT2D eigenvalue weighted by Gasteiger charge is 2.39. The van der Waals surface area contributed by atoms with Crippen molar-refractivity contribution in [2.45, 2.75) is 117 Å². The lowest BCUT2D eigenvalue weighted by atomic mass is 10.0. The largest absolute Gasteiger partial charge is 0.325 e. The molecule has 1 fully saturated rings. The second-order valence-electron chi connectivity index (χ2n) is 12.1. The van der Waals surface area contributed by atoms with E-state index in [4.69, 9.17) is 0 Å². The second kappa shape index (κ2) is 8.08. The van der Waals surface area contributed by atoms with Gasteiger partial charge in [0, 0.05) is 0 Å². The Morgan fingerprint density at radius 3 is 1.36 bits per heavy atom. The molecule has 2 atom stereocenters. The molecule has 0 N–H and O–H groups in total. The first-order valence-electron chi connectivity index (χ1n) is 10.3. The molecule has 0 saturated heterocycles. The van der Waals surface area contributed by atoms with Gasteiger partial charge in [0.1, 0.15) is 0 Å². The molecule has 25 heavy (non-hydrogen) atoms. The molecule has 0 aromatic heterocycles. The Hall–Kier alpha value is 0.860. The molecule has 0 spiro atoms. The molecule has 1 aliphatic carbocycles. The summed E-state index contributed by atoms with van der Waals surface area (Å²) in [5.41, 5.74) is 0. The van der Waals surface area contributed by atoms with Crippen molar-refractivity contribution in [3.8, 4) is 0 Å². The zero-order chi connectivity index (χ0) is 19.8. The Morgan fingerprint density at radius 2 is 1.00 bits per heavy atom. The van der Waals surface area contributed by atoms with E-state index in [1.165, 1.54) is 25.2 Å². The van der Waals surface area contributed by atoms with E-state index in [2.05, 4.69) is 89.5 Å².